The number of rotatable bonds is 5. The number of para-hydroxylation sites is 1. The quantitative estimate of drug-likeness (QED) is 0.647. The molecule has 1 N–H and O–H groups in total. The molecule has 0 atom stereocenters. The first kappa shape index (κ1) is 14.5. The first-order valence-electron chi connectivity index (χ1n) is 5.79. The molecule has 0 radical (unpaired) electrons. The molecule has 0 spiro atoms. The molecule has 0 saturated heterocycles. The summed E-state index contributed by atoms with van der Waals surface area (Å²) in [6.07, 6.45) is 3.64. The van der Waals surface area contributed by atoms with Crippen molar-refractivity contribution in [2.24, 2.45) is 0 Å². The monoisotopic (exact) mass is 258 g/mol. The van der Waals surface area contributed by atoms with Gasteiger partial charge in [0.2, 0.25) is 0 Å². The number of esters is 1. The fourth-order valence-electron chi connectivity index (χ4n) is 1.27. The third-order valence-electron chi connectivity index (χ3n) is 2.16. The molecule has 0 bridgehead atoms. The van der Waals surface area contributed by atoms with Gasteiger partial charge in [-0.05, 0) is 18.6 Å². The first-order valence-corrected chi connectivity index (χ1v) is 5.79. The van der Waals surface area contributed by atoms with Crippen molar-refractivity contribution in [3.05, 3.63) is 42.0 Å². The van der Waals surface area contributed by atoms with Gasteiger partial charge in [-0.15, -0.1) is 0 Å². The average Bonchev–Trinajstić information content (AvgIpc) is 2.43. The zero-order valence-electron chi connectivity index (χ0n) is 10.6. The predicted octanol–water partition coefficient (Wildman–Crippen LogP) is 2.01. The van der Waals surface area contributed by atoms with Gasteiger partial charge in [0, 0.05) is 6.08 Å². The summed E-state index contributed by atoms with van der Waals surface area (Å²) in [6, 6.07) is 8.55. The number of carbonyl (C=O) groups is 2. The summed E-state index contributed by atoms with van der Waals surface area (Å²) in [4.78, 5) is 22.7. The van der Waals surface area contributed by atoms with Crippen LogP contribution in [-0.4, -0.2) is 18.5 Å². The lowest BCUT2D eigenvalue weighted by Crippen LogP contribution is -2.20. The summed E-state index contributed by atoms with van der Waals surface area (Å²) in [7, 11) is 0. The molecular formula is C14H14N2O3. The van der Waals surface area contributed by atoms with Crippen molar-refractivity contribution in [2.45, 2.75) is 13.3 Å². The lowest BCUT2D eigenvalue weighted by molar-refractivity contribution is -0.142. The third-order valence-corrected chi connectivity index (χ3v) is 2.16. The maximum absolute atomic E-state index is 11.5. The fraction of sp³-hybridized carbons (Fsp3) is 0.214. The van der Waals surface area contributed by atoms with Gasteiger partial charge in [0.1, 0.15) is 6.07 Å². The van der Waals surface area contributed by atoms with Crippen LogP contribution >= 0.6 is 0 Å². The Balaban J connectivity index is 2.50. The number of anilines is 1. The summed E-state index contributed by atoms with van der Waals surface area (Å²) in [5.41, 5.74) is 0.753. The minimum Gasteiger partial charge on any atom is -0.452 e. The Bertz CT molecular complexity index is 530. The number of carbonyl (C=O) groups excluding carboxylic acids is 2. The highest BCUT2D eigenvalue weighted by Gasteiger charge is 2.08. The first-order chi connectivity index (χ1) is 9.17. The lowest BCUT2D eigenvalue weighted by Gasteiger charge is -2.06. The zero-order valence-corrected chi connectivity index (χ0v) is 10.6. The second-order valence-corrected chi connectivity index (χ2v) is 3.62. The third kappa shape index (κ3) is 5.04. The highest BCUT2D eigenvalue weighted by molar-refractivity contribution is 5.94. The van der Waals surface area contributed by atoms with Crippen molar-refractivity contribution in [1.29, 1.82) is 5.26 Å². The minimum atomic E-state index is -0.564. The number of ether oxygens (including phenoxy) is 1. The van der Waals surface area contributed by atoms with Gasteiger partial charge in [-0.3, -0.25) is 4.79 Å². The molecule has 1 amide bonds. The van der Waals surface area contributed by atoms with Crippen LogP contribution < -0.4 is 5.32 Å². The van der Waals surface area contributed by atoms with Crippen molar-refractivity contribution in [1.82, 2.24) is 0 Å². The molecule has 0 unspecified atom stereocenters. The van der Waals surface area contributed by atoms with Crippen molar-refractivity contribution < 1.29 is 14.3 Å². The molecule has 0 aliphatic rings. The Morgan fingerprint density at radius 3 is 2.84 bits per heavy atom. The van der Waals surface area contributed by atoms with Gasteiger partial charge in [-0.1, -0.05) is 25.1 Å². The van der Waals surface area contributed by atoms with Crippen LogP contribution in [-0.2, 0) is 14.3 Å². The van der Waals surface area contributed by atoms with E-state index in [0.717, 1.165) is 6.42 Å². The Labute approximate surface area is 111 Å². The largest absolute Gasteiger partial charge is 0.452 e. The van der Waals surface area contributed by atoms with E-state index in [-0.39, 0.29) is 6.61 Å². The van der Waals surface area contributed by atoms with E-state index in [2.05, 4.69) is 5.32 Å². The topological polar surface area (TPSA) is 79.2 Å². The fourth-order valence-corrected chi connectivity index (χ4v) is 1.27. The number of allylic oxidation sites excluding steroid dienone is 1. The Morgan fingerprint density at radius 2 is 2.16 bits per heavy atom. The van der Waals surface area contributed by atoms with E-state index in [0.29, 0.717) is 11.3 Å². The van der Waals surface area contributed by atoms with Crippen molar-refractivity contribution >= 4 is 17.6 Å². The van der Waals surface area contributed by atoms with Gasteiger partial charge in [-0.25, -0.2) is 4.79 Å². The maximum atomic E-state index is 11.5. The normalized spacial score (nSPS) is 9.89. The lowest BCUT2D eigenvalue weighted by atomic mass is 10.2. The van der Waals surface area contributed by atoms with Gasteiger partial charge in [-0.2, -0.15) is 5.26 Å². The van der Waals surface area contributed by atoms with E-state index in [9.17, 15) is 9.59 Å². The van der Waals surface area contributed by atoms with Gasteiger partial charge in [0.25, 0.3) is 5.91 Å². The Morgan fingerprint density at radius 1 is 1.42 bits per heavy atom. The van der Waals surface area contributed by atoms with Gasteiger partial charge in [0.15, 0.2) is 6.61 Å². The molecule has 0 aromatic heterocycles. The van der Waals surface area contributed by atoms with Gasteiger partial charge in [0.05, 0.1) is 11.3 Å². The van der Waals surface area contributed by atoms with Crippen LogP contribution in [0.25, 0.3) is 0 Å². The minimum absolute atomic E-state index is 0.355. The highest BCUT2D eigenvalue weighted by atomic mass is 16.5. The molecule has 0 aliphatic heterocycles. The molecule has 98 valence electrons. The smallest absolute Gasteiger partial charge is 0.330 e. The number of hydrogen-bond donors (Lipinski definition) is 1. The Hall–Kier alpha value is -2.61. The van der Waals surface area contributed by atoms with E-state index >= 15 is 0 Å². The average molecular weight is 258 g/mol. The summed E-state index contributed by atoms with van der Waals surface area (Å²) < 4.78 is 4.73. The molecule has 1 aromatic carbocycles. The van der Waals surface area contributed by atoms with Crippen LogP contribution in [0.1, 0.15) is 18.9 Å². The van der Waals surface area contributed by atoms with Crippen LogP contribution in [0.5, 0.6) is 0 Å². The van der Waals surface area contributed by atoms with Gasteiger partial charge < -0.3 is 10.1 Å². The SMILES string of the molecule is CC/C=C/C(=O)OCC(=O)Nc1ccccc1C#N. The number of nitrogens with zero attached hydrogens (tertiary/aromatic N) is 1. The second kappa shape index (κ2) is 7.67. The molecule has 0 saturated carbocycles. The summed E-state index contributed by atoms with van der Waals surface area (Å²) in [6.45, 7) is 1.50. The predicted molar refractivity (Wildman–Crippen MR) is 70.2 cm³/mol. The van der Waals surface area contributed by atoms with E-state index in [4.69, 9.17) is 10.00 Å². The van der Waals surface area contributed by atoms with Crippen molar-refractivity contribution in [3.8, 4) is 6.07 Å². The number of benzene rings is 1. The molecule has 0 fully saturated rings. The van der Waals surface area contributed by atoms with Crippen molar-refractivity contribution in [3.63, 3.8) is 0 Å². The van der Waals surface area contributed by atoms with E-state index in [1.165, 1.54) is 6.08 Å². The molecule has 19 heavy (non-hydrogen) atoms. The molecule has 5 nitrogen and oxygen atoms in total. The van der Waals surface area contributed by atoms with E-state index in [1.807, 2.05) is 13.0 Å². The van der Waals surface area contributed by atoms with E-state index < -0.39 is 11.9 Å². The molecule has 0 heterocycles. The van der Waals surface area contributed by atoms with Crippen LogP contribution in [0.3, 0.4) is 0 Å². The molecule has 1 rings (SSSR count). The summed E-state index contributed by atoms with van der Waals surface area (Å²) in [5, 5.41) is 11.4. The summed E-state index contributed by atoms with van der Waals surface area (Å²) in [5.74, 6) is -1.05. The van der Waals surface area contributed by atoms with Crippen LogP contribution in [0.4, 0.5) is 5.69 Å². The van der Waals surface area contributed by atoms with E-state index in [1.54, 1.807) is 30.3 Å². The molecular weight excluding hydrogens is 244 g/mol. The zero-order chi connectivity index (χ0) is 14.1. The molecule has 0 aliphatic carbocycles. The maximum Gasteiger partial charge on any atom is 0.330 e. The number of hydrogen-bond acceptors (Lipinski definition) is 4. The van der Waals surface area contributed by atoms with Crippen LogP contribution in [0.2, 0.25) is 0 Å². The number of nitriles is 1. The Kier molecular flexibility index (Phi) is 5.83. The number of amides is 1. The van der Waals surface area contributed by atoms with Crippen LogP contribution in [0.15, 0.2) is 36.4 Å². The van der Waals surface area contributed by atoms with Crippen LogP contribution in [0, 0.1) is 11.3 Å². The van der Waals surface area contributed by atoms with Gasteiger partial charge >= 0.3 is 5.97 Å². The standard InChI is InChI=1S/C14H14N2O3/c1-2-3-8-14(18)19-10-13(17)16-12-7-5-4-6-11(12)9-15/h3-8H,2,10H2,1H3,(H,16,17)/b8-3+. The number of nitrogens with one attached hydrogen (secondary N) is 1. The summed E-state index contributed by atoms with van der Waals surface area (Å²) >= 11 is 0. The molecule has 1 aromatic rings. The second-order valence-electron chi connectivity index (χ2n) is 3.62. The molecule has 5 heteroatoms. The highest BCUT2D eigenvalue weighted by Crippen LogP contribution is 2.13. The van der Waals surface area contributed by atoms with Crippen molar-refractivity contribution in [2.75, 3.05) is 11.9 Å².